The lowest BCUT2D eigenvalue weighted by molar-refractivity contribution is 0.103. The summed E-state index contributed by atoms with van der Waals surface area (Å²) in [5, 5.41) is 0. The fourth-order valence-electron chi connectivity index (χ4n) is 1.74. The van der Waals surface area contributed by atoms with E-state index >= 15 is 0 Å². The molecule has 0 aliphatic rings. The fraction of sp³-hybridized carbons (Fsp3) is 0.0714. The SMILES string of the molecule is COc1cccc(C(=O)c2ccc(F)cc2F)c1N. The molecule has 2 N–H and O–H groups in total. The minimum atomic E-state index is -0.924. The quantitative estimate of drug-likeness (QED) is 0.684. The van der Waals surface area contributed by atoms with E-state index in [2.05, 4.69) is 0 Å². The van der Waals surface area contributed by atoms with E-state index < -0.39 is 17.4 Å². The van der Waals surface area contributed by atoms with Crippen molar-refractivity contribution in [1.82, 2.24) is 0 Å². The molecule has 2 aromatic carbocycles. The molecular formula is C14H11F2NO2. The van der Waals surface area contributed by atoms with Crippen molar-refractivity contribution in [2.75, 3.05) is 12.8 Å². The second kappa shape index (κ2) is 5.06. The molecule has 0 amide bonds. The second-order valence-electron chi connectivity index (χ2n) is 3.87. The van der Waals surface area contributed by atoms with Gasteiger partial charge < -0.3 is 10.5 Å². The topological polar surface area (TPSA) is 52.3 Å². The van der Waals surface area contributed by atoms with Crippen LogP contribution in [0, 0.1) is 11.6 Å². The molecule has 0 aliphatic heterocycles. The maximum atomic E-state index is 13.6. The van der Waals surface area contributed by atoms with E-state index in [4.69, 9.17) is 10.5 Å². The molecule has 19 heavy (non-hydrogen) atoms. The van der Waals surface area contributed by atoms with Crippen LogP contribution in [0.2, 0.25) is 0 Å². The van der Waals surface area contributed by atoms with Gasteiger partial charge in [-0.25, -0.2) is 8.78 Å². The van der Waals surface area contributed by atoms with E-state index in [1.807, 2.05) is 0 Å². The molecule has 0 heterocycles. The Balaban J connectivity index is 2.50. The first kappa shape index (κ1) is 13.0. The number of rotatable bonds is 3. The molecule has 0 unspecified atom stereocenters. The van der Waals surface area contributed by atoms with Crippen LogP contribution in [-0.2, 0) is 0 Å². The van der Waals surface area contributed by atoms with E-state index in [0.29, 0.717) is 11.8 Å². The highest BCUT2D eigenvalue weighted by molar-refractivity contribution is 6.12. The molecule has 0 saturated heterocycles. The summed E-state index contributed by atoms with van der Waals surface area (Å²) in [7, 11) is 1.42. The molecule has 0 atom stereocenters. The van der Waals surface area contributed by atoms with Gasteiger partial charge in [-0.1, -0.05) is 6.07 Å². The first-order valence-electron chi connectivity index (χ1n) is 5.47. The number of hydrogen-bond donors (Lipinski definition) is 1. The molecule has 0 saturated carbocycles. The molecule has 2 rings (SSSR count). The largest absolute Gasteiger partial charge is 0.495 e. The summed E-state index contributed by atoms with van der Waals surface area (Å²) in [4.78, 5) is 12.2. The zero-order chi connectivity index (χ0) is 14.0. The third kappa shape index (κ3) is 2.40. The maximum absolute atomic E-state index is 13.6. The number of anilines is 1. The molecule has 0 fully saturated rings. The third-order valence-corrected chi connectivity index (χ3v) is 2.71. The van der Waals surface area contributed by atoms with Crippen LogP contribution in [0.4, 0.5) is 14.5 Å². The van der Waals surface area contributed by atoms with Gasteiger partial charge in [0.1, 0.15) is 17.4 Å². The Labute approximate surface area is 108 Å². The van der Waals surface area contributed by atoms with Crippen molar-refractivity contribution in [3.8, 4) is 5.75 Å². The monoisotopic (exact) mass is 263 g/mol. The van der Waals surface area contributed by atoms with Crippen molar-refractivity contribution in [1.29, 1.82) is 0 Å². The fourth-order valence-corrected chi connectivity index (χ4v) is 1.74. The molecule has 5 heteroatoms. The predicted octanol–water partition coefficient (Wildman–Crippen LogP) is 2.79. The zero-order valence-corrected chi connectivity index (χ0v) is 10.1. The summed E-state index contributed by atoms with van der Waals surface area (Å²) < 4.78 is 31.4. The molecular weight excluding hydrogens is 252 g/mol. The molecule has 0 bridgehead atoms. The van der Waals surface area contributed by atoms with E-state index in [1.54, 1.807) is 12.1 Å². The highest BCUT2D eigenvalue weighted by Crippen LogP contribution is 2.27. The van der Waals surface area contributed by atoms with Gasteiger partial charge in [-0.3, -0.25) is 4.79 Å². The standard InChI is InChI=1S/C14H11F2NO2/c1-19-12-4-2-3-10(13(12)17)14(18)9-6-5-8(15)7-11(9)16/h2-7H,17H2,1H3. The molecule has 0 aromatic heterocycles. The Bertz CT molecular complexity index is 641. The molecule has 3 nitrogen and oxygen atoms in total. The molecule has 0 radical (unpaired) electrons. The molecule has 0 aliphatic carbocycles. The molecule has 0 spiro atoms. The van der Waals surface area contributed by atoms with Crippen molar-refractivity contribution >= 4 is 11.5 Å². The van der Waals surface area contributed by atoms with Gasteiger partial charge >= 0.3 is 0 Å². The lowest BCUT2D eigenvalue weighted by atomic mass is 10.0. The van der Waals surface area contributed by atoms with E-state index in [9.17, 15) is 13.6 Å². The summed E-state index contributed by atoms with van der Waals surface area (Å²) in [6.45, 7) is 0. The average Bonchev–Trinajstić information content (AvgIpc) is 2.38. The van der Waals surface area contributed by atoms with Gasteiger partial charge in [0, 0.05) is 11.6 Å². The predicted molar refractivity (Wildman–Crippen MR) is 67.2 cm³/mol. The number of hydrogen-bond acceptors (Lipinski definition) is 3. The second-order valence-corrected chi connectivity index (χ2v) is 3.87. The Hall–Kier alpha value is -2.43. The Morgan fingerprint density at radius 1 is 1.16 bits per heavy atom. The highest BCUT2D eigenvalue weighted by atomic mass is 19.1. The lowest BCUT2D eigenvalue weighted by Crippen LogP contribution is -2.08. The van der Waals surface area contributed by atoms with Crippen LogP contribution in [0.15, 0.2) is 36.4 Å². The molecule has 2 aromatic rings. The lowest BCUT2D eigenvalue weighted by Gasteiger charge is -2.09. The number of methoxy groups -OCH3 is 1. The van der Waals surface area contributed by atoms with Gasteiger partial charge in [0.25, 0.3) is 0 Å². The van der Waals surface area contributed by atoms with Gasteiger partial charge in [-0.2, -0.15) is 0 Å². The summed E-state index contributed by atoms with van der Waals surface area (Å²) in [6, 6.07) is 7.39. The number of nitrogens with two attached hydrogens (primary N) is 1. The average molecular weight is 263 g/mol. The maximum Gasteiger partial charge on any atom is 0.198 e. The van der Waals surface area contributed by atoms with E-state index in [1.165, 1.54) is 13.2 Å². The number of carbonyl (C=O) groups is 1. The van der Waals surface area contributed by atoms with Crippen LogP contribution >= 0.6 is 0 Å². The van der Waals surface area contributed by atoms with Crippen molar-refractivity contribution in [2.24, 2.45) is 0 Å². The van der Waals surface area contributed by atoms with Gasteiger partial charge in [-0.15, -0.1) is 0 Å². The van der Waals surface area contributed by atoms with Crippen molar-refractivity contribution in [3.63, 3.8) is 0 Å². The van der Waals surface area contributed by atoms with Gasteiger partial charge in [-0.05, 0) is 24.3 Å². The first-order chi connectivity index (χ1) is 9.04. The summed E-state index contributed by atoms with van der Waals surface area (Å²) in [5.74, 6) is -1.96. The number of halogens is 2. The van der Waals surface area contributed by atoms with E-state index in [0.717, 1.165) is 12.1 Å². The first-order valence-corrected chi connectivity index (χ1v) is 5.47. The van der Waals surface area contributed by atoms with Crippen molar-refractivity contribution in [2.45, 2.75) is 0 Å². The van der Waals surface area contributed by atoms with Gasteiger partial charge in [0.05, 0.1) is 18.4 Å². The number of nitrogen functional groups attached to an aromatic ring is 1. The van der Waals surface area contributed by atoms with Crippen LogP contribution in [0.5, 0.6) is 5.75 Å². The Morgan fingerprint density at radius 2 is 1.89 bits per heavy atom. The van der Waals surface area contributed by atoms with Crippen LogP contribution in [0.1, 0.15) is 15.9 Å². The Morgan fingerprint density at radius 3 is 2.53 bits per heavy atom. The minimum absolute atomic E-state index is 0.116. The number of ketones is 1. The van der Waals surface area contributed by atoms with E-state index in [-0.39, 0.29) is 16.8 Å². The summed E-state index contributed by atoms with van der Waals surface area (Å²) in [5.41, 5.74) is 5.77. The number of carbonyl (C=O) groups excluding carboxylic acids is 1. The zero-order valence-electron chi connectivity index (χ0n) is 10.1. The van der Waals surface area contributed by atoms with Crippen LogP contribution in [0.25, 0.3) is 0 Å². The van der Waals surface area contributed by atoms with Gasteiger partial charge in [0.2, 0.25) is 0 Å². The van der Waals surface area contributed by atoms with Crippen LogP contribution in [-0.4, -0.2) is 12.9 Å². The highest BCUT2D eigenvalue weighted by Gasteiger charge is 2.18. The smallest absolute Gasteiger partial charge is 0.198 e. The number of benzene rings is 2. The molecule has 98 valence electrons. The summed E-state index contributed by atoms with van der Waals surface area (Å²) in [6.07, 6.45) is 0. The minimum Gasteiger partial charge on any atom is -0.495 e. The number of para-hydroxylation sites is 1. The number of ether oxygens (including phenoxy) is 1. The van der Waals surface area contributed by atoms with Gasteiger partial charge in [0.15, 0.2) is 5.78 Å². The summed E-state index contributed by atoms with van der Waals surface area (Å²) >= 11 is 0. The van der Waals surface area contributed by atoms with Crippen molar-refractivity contribution < 1.29 is 18.3 Å². The third-order valence-electron chi connectivity index (χ3n) is 2.71. The normalized spacial score (nSPS) is 10.3. The van der Waals surface area contributed by atoms with Crippen molar-refractivity contribution in [3.05, 3.63) is 59.2 Å². The van der Waals surface area contributed by atoms with Crippen LogP contribution < -0.4 is 10.5 Å². The Kier molecular flexibility index (Phi) is 3.46. The van der Waals surface area contributed by atoms with Crippen LogP contribution in [0.3, 0.4) is 0 Å².